The first-order chi connectivity index (χ1) is 7.49. The van der Waals surface area contributed by atoms with E-state index in [1.807, 2.05) is 0 Å². The topological polar surface area (TPSA) is 104 Å². The van der Waals surface area contributed by atoms with Gasteiger partial charge in [-0.2, -0.15) is 0 Å². The first-order valence-corrected chi connectivity index (χ1v) is 4.48. The van der Waals surface area contributed by atoms with Gasteiger partial charge in [0.2, 0.25) is 0 Å². The summed E-state index contributed by atoms with van der Waals surface area (Å²) in [5, 5.41) is 27.6. The van der Waals surface area contributed by atoms with E-state index in [0.29, 0.717) is 0 Å². The summed E-state index contributed by atoms with van der Waals surface area (Å²) in [5.41, 5.74) is 0.0184. The van der Waals surface area contributed by atoms with Gasteiger partial charge < -0.3 is 20.1 Å². The van der Waals surface area contributed by atoms with Crippen LogP contribution in [-0.4, -0.2) is 27.3 Å². The van der Waals surface area contributed by atoms with E-state index in [-0.39, 0.29) is 23.5 Å². The molecule has 0 amide bonds. The molecule has 6 nitrogen and oxygen atoms in total. The molecule has 0 bridgehead atoms. The summed E-state index contributed by atoms with van der Waals surface area (Å²) in [4.78, 5) is 22.0. The van der Waals surface area contributed by atoms with E-state index >= 15 is 0 Å². The van der Waals surface area contributed by atoms with Crippen LogP contribution < -0.4 is 4.74 Å². The van der Waals surface area contributed by atoms with Gasteiger partial charge in [0.1, 0.15) is 17.2 Å². The molecule has 0 radical (unpaired) electrons. The average molecular weight is 224 g/mol. The van der Waals surface area contributed by atoms with Crippen molar-refractivity contribution in [2.24, 2.45) is 0 Å². The predicted octanol–water partition coefficient (Wildman–Crippen LogP) is 0.575. The molecule has 1 aromatic carbocycles. The lowest BCUT2D eigenvalue weighted by atomic mass is 9.92. The fourth-order valence-electron chi connectivity index (χ4n) is 1.68. The zero-order chi connectivity index (χ0) is 11.9. The minimum absolute atomic E-state index is 0.0184. The molecule has 0 aromatic heterocycles. The smallest absolute Gasteiger partial charge is 0.312 e. The second-order valence-corrected chi connectivity index (χ2v) is 3.45. The van der Waals surface area contributed by atoms with E-state index in [2.05, 4.69) is 0 Å². The Balaban J connectivity index is 2.61. The molecule has 1 heterocycles. The first kappa shape index (κ1) is 10.3. The molecule has 84 valence electrons. The Morgan fingerprint density at radius 3 is 2.69 bits per heavy atom. The number of fused-ring (bicyclic) bond motifs is 1. The van der Waals surface area contributed by atoms with Gasteiger partial charge in [0.05, 0.1) is 17.9 Å². The number of aliphatic carboxylic acids is 1. The SMILES string of the molecule is O=C1CC(C(=O)O)c2c(O)cc(O)cc2O1. The number of carbonyl (C=O) groups is 2. The van der Waals surface area contributed by atoms with E-state index in [9.17, 15) is 19.8 Å². The van der Waals surface area contributed by atoms with Crippen molar-refractivity contribution in [3.8, 4) is 17.2 Å². The van der Waals surface area contributed by atoms with E-state index < -0.39 is 23.6 Å². The highest BCUT2D eigenvalue weighted by atomic mass is 16.5. The molecule has 1 aliphatic heterocycles. The van der Waals surface area contributed by atoms with Crippen molar-refractivity contribution in [2.75, 3.05) is 0 Å². The molecular formula is C10H8O6. The molecular weight excluding hydrogens is 216 g/mol. The van der Waals surface area contributed by atoms with Crippen molar-refractivity contribution >= 4 is 11.9 Å². The number of rotatable bonds is 1. The third-order valence-corrected chi connectivity index (χ3v) is 2.35. The van der Waals surface area contributed by atoms with Gasteiger partial charge in [0.25, 0.3) is 0 Å². The number of aromatic hydroxyl groups is 2. The molecule has 1 unspecified atom stereocenters. The molecule has 1 aromatic rings. The van der Waals surface area contributed by atoms with E-state index in [1.165, 1.54) is 0 Å². The Labute approximate surface area is 89.7 Å². The molecule has 0 fully saturated rings. The Morgan fingerprint density at radius 1 is 1.38 bits per heavy atom. The Morgan fingerprint density at radius 2 is 2.06 bits per heavy atom. The van der Waals surface area contributed by atoms with Crippen LogP contribution in [0.2, 0.25) is 0 Å². The van der Waals surface area contributed by atoms with Crippen LogP contribution in [0.15, 0.2) is 12.1 Å². The fraction of sp³-hybridized carbons (Fsp3) is 0.200. The number of hydrogen-bond acceptors (Lipinski definition) is 5. The molecule has 2 rings (SSSR count). The zero-order valence-electron chi connectivity index (χ0n) is 8.01. The summed E-state index contributed by atoms with van der Waals surface area (Å²) in [6.45, 7) is 0. The van der Waals surface area contributed by atoms with Crippen LogP contribution in [-0.2, 0) is 9.59 Å². The van der Waals surface area contributed by atoms with Crippen molar-refractivity contribution in [3.63, 3.8) is 0 Å². The van der Waals surface area contributed by atoms with Crippen LogP contribution in [0.1, 0.15) is 17.9 Å². The molecule has 1 atom stereocenters. The number of ether oxygens (including phenoxy) is 1. The maximum absolute atomic E-state index is 11.1. The molecule has 1 aliphatic rings. The summed E-state index contributed by atoms with van der Waals surface area (Å²) < 4.78 is 4.75. The molecule has 3 N–H and O–H groups in total. The Kier molecular flexibility index (Phi) is 2.19. The molecule has 16 heavy (non-hydrogen) atoms. The summed E-state index contributed by atoms with van der Waals surface area (Å²) >= 11 is 0. The lowest BCUT2D eigenvalue weighted by Crippen LogP contribution is -2.25. The van der Waals surface area contributed by atoms with Crippen LogP contribution in [0.5, 0.6) is 17.2 Å². The second kappa shape index (κ2) is 3.41. The van der Waals surface area contributed by atoms with Gasteiger partial charge in [-0.1, -0.05) is 0 Å². The number of phenolic OH excluding ortho intramolecular Hbond substituents is 2. The summed E-state index contributed by atoms with van der Waals surface area (Å²) in [6, 6.07) is 2.11. The normalized spacial score (nSPS) is 18.8. The van der Waals surface area contributed by atoms with Crippen LogP contribution >= 0.6 is 0 Å². The number of esters is 1. The van der Waals surface area contributed by atoms with Crippen molar-refractivity contribution in [2.45, 2.75) is 12.3 Å². The van der Waals surface area contributed by atoms with Crippen LogP contribution in [0.3, 0.4) is 0 Å². The summed E-state index contributed by atoms with van der Waals surface area (Å²) in [6.07, 6.45) is -0.333. The maximum Gasteiger partial charge on any atom is 0.312 e. The molecule has 0 spiro atoms. The van der Waals surface area contributed by atoms with Gasteiger partial charge in [-0.25, -0.2) is 0 Å². The lowest BCUT2D eigenvalue weighted by Gasteiger charge is -2.22. The maximum atomic E-state index is 11.1. The average Bonchev–Trinajstić information content (AvgIpc) is 2.14. The van der Waals surface area contributed by atoms with Crippen molar-refractivity contribution in [1.82, 2.24) is 0 Å². The van der Waals surface area contributed by atoms with Gasteiger partial charge >= 0.3 is 11.9 Å². The second-order valence-electron chi connectivity index (χ2n) is 3.45. The number of carboxylic acids is 1. The monoisotopic (exact) mass is 224 g/mol. The van der Waals surface area contributed by atoms with E-state index in [1.54, 1.807) is 0 Å². The van der Waals surface area contributed by atoms with Gasteiger partial charge in [-0.3, -0.25) is 9.59 Å². The van der Waals surface area contributed by atoms with Gasteiger partial charge in [-0.05, 0) is 0 Å². The molecule has 0 aliphatic carbocycles. The zero-order valence-corrected chi connectivity index (χ0v) is 8.01. The van der Waals surface area contributed by atoms with Gasteiger partial charge in [0.15, 0.2) is 0 Å². The summed E-state index contributed by atoms with van der Waals surface area (Å²) in [7, 11) is 0. The van der Waals surface area contributed by atoms with Crippen molar-refractivity contribution < 1.29 is 29.6 Å². The highest BCUT2D eigenvalue weighted by Gasteiger charge is 2.35. The lowest BCUT2D eigenvalue weighted by molar-refractivity contribution is -0.145. The Hall–Kier alpha value is -2.24. The van der Waals surface area contributed by atoms with Crippen molar-refractivity contribution in [1.29, 1.82) is 0 Å². The number of benzene rings is 1. The Bertz CT molecular complexity index is 478. The number of hydrogen-bond donors (Lipinski definition) is 3. The third-order valence-electron chi connectivity index (χ3n) is 2.35. The van der Waals surface area contributed by atoms with E-state index in [4.69, 9.17) is 9.84 Å². The fourth-order valence-corrected chi connectivity index (χ4v) is 1.68. The highest BCUT2D eigenvalue weighted by molar-refractivity contribution is 5.88. The third kappa shape index (κ3) is 1.54. The largest absolute Gasteiger partial charge is 0.508 e. The predicted molar refractivity (Wildman–Crippen MR) is 50.4 cm³/mol. The summed E-state index contributed by atoms with van der Waals surface area (Å²) in [5.74, 6) is -3.87. The van der Waals surface area contributed by atoms with Crippen LogP contribution in [0.25, 0.3) is 0 Å². The number of phenols is 2. The number of carboxylic acid groups (broad SMARTS) is 1. The molecule has 0 saturated carbocycles. The molecule has 0 saturated heterocycles. The van der Waals surface area contributed by atoms with Crippen LogP contribution in [0, 0.1) is 0 Å². The van der Waals surface area contributed by atoms with E-state index in [0.717, 1.165) is 12.1 Å². The molecule has 6 heteroatoms. The minimum Gasteiger partial charge on any atom is -0.508 e. The highest BCUT2D eigenvalue weighted by Crippen LogP contribution is 2.42. The van der Waals surface area contributed by atoms with Gasteiger partial charge in [0, 0.05) is 12.1 Å². The standard InChI is InChI=1S/C10H8O6/c11-4-1-6(12)9-5(10(14)15)3-8(13)16-7(9)2-4/h1-2,5,11-12H,3H2,(H,14,15). The number of carbonyl (C=O) groups excluding carboxylic acids is 1. The van der Waals surface area contributed by atoms with Crippen molar-refractivity contribution in [3.05, 3.63) is 17.7 Å². The van der Waals surface area contributed by atoms with Gasteiger partial charge in [-0.15, -0.1) is 0 Å². The van der Waals surface area contributed by atoms with Crippen LogP contribution in [0.4, 0.5) is 0 Å². The first-order valence-electron chi connectivity index (χ1n) is 4.48. The minimum atomic E-state index is -1.22. The quantitative estimate of drug-likeness (QED) is 0.476.